The molecular formula is C21H20N2O4. The number of hydrogen-bond acceptors (Lipinski definition) is 4. The van der Waals surface area contributed by atoms with Crippen LogP contribution in [0.3, 0.4) is 0 Å². The Kier molecular flexibility index (Phi) is 5.68. The summed E-state index contributed by atoms with van der Waals surface area (Å²) < 4.78 is 5.26. The zero-order valence-corrected chi connectivity index (χ0v) is 14.9. The van der Waals surface area contributed by atoms with E-state index in [1.807, 2.05) is 18.2 Å². The lowest BCUT2D eigenvalue weighted by Crippen LogP contribution is -2.18. The Hall–Kier alpha value is -3.38. The zero-order chi connectivity index (χ0) is 19.2. The number of carbonyl (C=O) groups excluding carboxylic acids is 2. The van der Waals surface area contributed by atoms with Gasteiger partial charge in [-0.3, -0.25) is 15.3 Å². The summed E-state index contributed by atoms with van der Waals surface area (Å²) in [5, 5.41) is 13.4. The van der Waals surface area contributed by atoms with Crippen LogP contribution in [0.2, 0.25) is 0 Å². The molecule has 0 spiro atoms. The molecular weight excluding hydrogens is 344 g/mol. The second kappa shape index (κ2) is 8.33. The Morgan fingerprint density at radius 1 is 0.926 bits per heavy atom. The Morgan fingerprint density at radius 2 is 1.56 bits per heavy atom. The van der Waals surface area contributed by atoms with Gasteiger partial charge in [0.1, 0.15) is 6.61 Å². The molecule has 0 heterocycles. The first kappa shape index (κ1) is 18.4. The molecule has 0 saturated carbocycles. The molecule has 6 nitrogen and oxygen atoms in total. The van der Waals surface area contributed by atoms with Crippen LogP contribution in [-0.2, 0) is 17.8 Å². The molecule has 3 N–H and O–H groups in total. The topological polar surface area (TPSA) is 87.7 Å². The SMILES string of the molecule is CCc1ccc2cc(COC(=O)Nc3ccc(C(=O)NO)cc3)ccc2c1. The minimum absolute atomic E-state index is 0.155. The van der Waals surface area contributed by atoms with Gasteiger partial charge in [0.2, 0.25) is 0 Å². The van der Waals surface area contributed by atoms with E-state index in [0.717, 1.165) is 22.8 Å². The summed E-state index contributed by atoms with van der Waals surface area (Å²) in [5.74, 6) is -0.619. The Balaban J connectivity index is 1.58. The first-order valence-electron chi connectivity index (χ1n) is 8.59. The highest BCUT2D eigenvalue weighted by Crippen LogP contribution is 2.19. The van der Waals surface area contributed by atoms with Gasteiger partial charge >= 0.3 is 6.09 Å². The van der Waals surface area contributed by atoms with Crippen molar-refractivity contribution in [3.63, 3.8) is 0 Å². The van der Waals surface area contributed by atoms with E-state index in [1.54, 1.807) is 17.6 Å². The van der Waals surface area contributed by atoms with Crippen molar-refractivity contribution in [3.05, 3.63) is 77.4 Å². The van der Waals surface area contributed by atoms with Crippen molar-refractivity contribution >= 4 is 28.5 Å². The average molecular weight is 364 g/mol. The second-order valence-electron chi connectivity index (χ2n) is 6.09. The molecule has 0 fully saturated rings. The number of hydrogen-bond donors (Lipinski definition) is 3. The lowest BCUT2D eigenvalue weighted by Gasteiger charge is -2.09. The predicted molar refractivity (Wildman–Crippen MR) is 103 cm³/mol. The third kappa shape index (κ3) is 4.62. The van der Waals surface area contributed by atoms with Gasteiger partial charge in [-0.25, -0.2) is 10.3 Å². The number of benzene rings is 3. The fourth-order valence-corrected chi connectivity index (χ4v) is 2.73. The standard InChI is InChI=1S/C21H20N2O4/c1-2-14-3-5-18-12-15(4-6-17(18)11-14)13-27-21(25)22-19-9-7-16(8-10-19)20(24)23-26/h3-12,26H,2,13H2,1H3,(H,22,25)(H,23,24). The Bertz CT molecular complexity index is 968. The number of ether oxygens (including phenoxy) is 1. The number of nitrogens with one attached hydrogen (secondary N) is 2. The van der Waals surface area contributed by atoms with Gasteiger partial charge in [0.05, 0.1) is 0 Å². The number of amides is 2. The molecule has 0 radical (unpaired) electrons. The summed E-state index contributed by atoms with van der Waals surface area (Å²) >= 11 is 0. The molecule has 0 atom stereocenters. The minimum Gasteiger partial charge on any atom is -0.444 e. The Labute approximate surface area is 156 Å². The summed E-state index contributed by atoms with van der Waals surface area (Å²) in [6.45, 7) is 2.28. The van der Waals surface area contributed by atoms with Crippen molar-refractivity contribution in [2.45, 2.75) is 20.0 Å². The average Bonchev–Trinajstić information content (AvgIpc) is 2.71. The van der Waals surface area contributed by atoms with Crippen LogP contribution in [0, 0.1) is 0 Å². The molecule has 0 aliphatic carbocycles. The fraction of sp³-hybridized carbons (Fsp3) is 0.143. The lowest BCUT2D eigenvalue weighted by atomic mass is 10.0. The number of fused-ring (bicyclic) bond motifs is 1. The van der Waals surface area contributed by atoms with Gasteiger partial charge in [-0.15, -0.1) is 0 Å². The fourth-order valence-electron chi connectivity index (χ4n) is 2.73. The molecule has 3 aromatic rings. The molecule has 0 saturated heterocycles. The monoisotopic (exact) mass is 364 g/mol. The van der Waals surface area contributed by atoms with E-state index in [1.165, 1.54) is 17.7 Å². The Morgan fingerprint density at radius 3 is 2.19 bits per heavy atom. The third-order valence-electron chi connectivity index (χ3n) is 4.24. The second-order valence-corrected chi connectivity index (χ2v) is 6.09. The van der Waals surface area contributed by atoms with Crippen molar-refractivity contribution in [1.82, 2.24) is 5.48 Å². The van der Waals surface area contributed by atoms with Gasteiger partial charge in [-0.1, -0.05) is 37.3 Å². The first-order chi connectivity index (χ1) is 13.1. The van der Waals surface area contributed by atoms with Crippen LogP contribution in [0.5, 0.6) is 0 Å². The maximum atomic E-state index is 12.0. The smallest absolute Gasteiger partial charge is 0.411 e. The van der Waals surface area contributed by atoms with Gasteiger partial charge in [0, 0.05) is 11.3 Å². The van der Waals surface area contributed by atoms with Gasteiger partial charge in [0.15, 0.2) is 0 Å². The number of carbonyl (C=O) groups is 2. The van der Waals surface area contributed by atoms with E-state index in [-0.39, 0.29) is 12.2 Å². The van der Waals surface area contributed by atoms with Crippen molar-refractivity contribution < 1.29 is 19.5 Å². The molecule has 2 amide bonds. The van der Waals surface area contributed by atoms with E-state index in [9.17, 15) is 9.59 Å². The van der Waals surface area contributed by atoms with Gasteiger partial charge in [-0.2, -0.15) is 0 Å². The molecule has 0 unspecified atom stereocenters. The number of anilines is 1. The van der Waals surface area contributed by atoms with E-state index in [4.69, 9.17) is 9.94 Å². The highest BCUT2D eigenvalue weighted by atomic mass is 16.5. The normalized spacial score (nSPS) is 10.4. The van der Waals surface area contributed by atoms with Crippen molar-refractivity contribution in [2.75, 3.05) is 5.32 Å². The van der Waals surface area contributed by atoms with Crippen LogP contribution in [-0.4, -0.2) is 17.2 Å². The molecule has 138 valence electrons. The first-order valence-corrected chi connectivity index (χ1v) is 8.59. The summed E-state index contributed by atoms with van der Waals surface area (Å²) in [6, 6.07) is 18.4. The summed E-state index contributed by atoms with van der Waals surface area (Å²) in [5.41, 5.74) is 4.50. The van der Waals surface area contributed by atoms with E-state index in [0.29, 0.717) is 5.69 Å². The third-order valence-corrected chi connectivity index (χ3v) is 4.24. The summed E-state index contributed by atoms with van der Waals surface area (Å²) in [6.07, 6.45) is 0.405. The quantitative estimate of drug-likeness (QED) is 0.466. The van der Waals surface area contributed by atoms with Gasteiger partial charge in [0.25, 0.3) is 5.91 Å². The molecule has 0 bridgehead atoms. The van der Waals surface area contributed by atoms with Crippen LogP contribution < -0.4 is 10.8 Å². The highest BCUT2D eigenvalue weighted by Gasteiger charge is 2.07. The number of hydroxylamine groups is 1. The molecule has 0 aliphatic heterocycles. The number of rotatable bonds is 5. The number of aryl methyl sites for hydroxylation is 1. The van der Waals surface area contributed by atoms with Crippen LogP contribution in [0.25, 0.3) is 10.8 Å². The lowest BCUT2D eigenvalue weighted by molar-refractivity contribution is 0.0706. The maximum absolute atomic E-state index is 12.0. The molecule has 3 rings (SSSR count). The highest BCUT2D eigenvalue weighted by molar-refractivity contribution is 5.94. The van der Waals surface area contributed by atoms with Gasteiger partial charge < -0.3 is 4.74 Å². The molecule has 0 aliphatic rings. The van der Waals surface area contributed by atoms with Crippen molar-refractivity contribution in [1.29, 1.82) is 0 Å². The predicted octanol–water partition coefficient (Wildman–Crippen LogP) is 4.27. The van der Waals surface area contributed by atoms with E-state index >= 15 is 0 Å². The maximum Gasteiger partial charge on any atom is 0.411 e. The van der Waals surface area contributed by atoms with Crippen LogP contribution in [0.4, 0.5) is 10.5 Å². The van der Waals surface area contributed by atoms with Crippen LogP contribution >= 0.6 is 0 Å². The van der Waals surface area contributed by atoms with Crippen LogP contribution in [0.15, 0.2) is 60.7 Å². The van der Waals surface area contributed by atoms with Crippen LogP contribution in [0.1, 0.15) is 28.4 Å². The molecule has 0 aromatic heterocycles. The van der Waals surface area contributed by atoms with E-state index in [2.05, 4.69) is 30.4 Å². The minimum atomic E-state index is -0.619. The molecule has 27 heavy (non-hydrogen) atoms. The van der Waals surface area contributed by atoms with Gasteiger partial charge in [-0.05, 0) is 58.7 Å². The summed E-state index contributed by atoms with van der Waals surface area (Å²) in [7, 11) is 0. The largest absolute Gasteiger partial charge is 0.444 e. The van der Waals surface area contributed by atoms with Crippen molar-refractivity contribution in [3.8, 4) is 0 Å². The zero-order valence-electron chi connectivity index (χ0n) is 14.9. The summed E-state index contributed by atoms with van der Waals surface area (Å²) in [4.78, 5) is 23.2. The molecule has 6 heteroatoms. The van der Waals surface area contributed by atoms with Crippen molar-refractivity contribution in [2.24, 2.45) is 0 Å². The molecule has 3 aromatic carbocycles. The van der Waals surface area contributed by atoms with E-state index < -0.39 is 12.0 Å².